The fraction of sp³-hybridized carbons (Fsp3) is 0.0667. The second-order valence-corrected chi connectivity index (χ2v) is 4.22. The molecule has 2 rings (SSSR count). The van der Waals surface area contributed by atoms with E-state index in [1.165, 1.54) is 12.1 Å². The molecule has 0 saturated carbocycles. The zero-order valence-corrected chi connectivity index (χ0v) is 10.3. The molecule has 2 aromatic rings. The van der Waals surface area contributed by atoms with Gasteiger partial charge in [-0.25, -0.2) is 4.39 Å². The van der Waals surface area contributed by atoms with Crippen molar-refractivity contribution in [3.8, 4) is 12.3 Å². The average Bonchev–Trinajstić information content (AvgIpc) is 2.38. The molecule has 0 aliphatic carbocycles. The Kier molecular flexibility index (Phi) is 3.86. The minimum Gasteiger partial charge on any atom is -0.381 e. The third-order valence-corrected chi connectivity index (χ3v) is 2.88. The van der Waals surface area contributed by atoms with Crippen molar-refractivity contribution in [3.63, 3.8) is 0 Å². The Balaban J connectivity index is 2.09. The van der Waals surface area contributed by atoms with E-state index in [1.54, 1.807) is 6.07 Å². The Labute approximate surface area is 111 Å². The van der Waals surface area contributed by atoms with Crippen molar-refractivity contribution < 1.29 is 4.39 Å². The van der Waals surface area contributed by atoms with Gasteiger partial charge in [-0.1, -0.05) is 29.7 Å². The highest BCUT2D eigenvalue weighted by Gasteiger charge is 2.02. The van der Waals surface area contributed by atoms with Crippen LogP contribution in [-0.2, 0) is 6.54 Å². The maximum Gasteiger partial charge on any atom is 0.124 e. The van der Waals surface area contributed by atoms with Crippen LogP contribution < -0.4 is 5.32 Å². The van der Waals surface area contributed by atoms with Crippen molar-refractivity contribution in [3.05, 3.63) is 64.4 Å². The van der Waals surface area contributed by atoms with E-state index in [9.17, 15) is 4.39 Å². The highest BCUT2D eigenvalue weighted by molar-refractivity contribution is 6.31. The summed E-state index contributed by atoms with van der Waals surface area (Å²) in [5.74, 6) is 2.23. The van der Waals surface area contributed by atoms with Crippen LogP contribution in [0.2, 0.25) is 5.02 Å². The quantitative estimate of drug-likeness (QED) is 0.820. The largest absolute Gasteiger partial charge is 0.381 e. The zero-order valence-electron chi connectivity index (χ0n) is 9.58. The van der Waals surface area contributed by atoms with Crippen molar-refractivity contribution in [2.45, 2.75) is 6.54 Å². The number of hydrogen-bond acceptors (Lipinski definition) is 1. The minimum atomic E-state index is -0.335. The van der Waals surface area contributed by atoms with Gasteiger partial charge in [-0.05, 0) is 35.9 Å². The van der Waals surface area contributed by atoms with Gasteiger partial charge in [-0.3, -0.25) is 0 Å². The highest BCUT2D eigenvalue weighted by atomic mass is 35.5. The third-order valence-electron chi connectivity index (χ3n) is 2.53. The van der Waals surface area contributed by atoms with E-state index in [1.807, 2.05) is 24.3 Å². The molecular weight excluding hydrogens is 249 g/mol. The summed E-state index contributed by atoms with van der Waals surface area (Å²) >= 11 is 5.94. The smallest absolute Gasteiger partial charge is 0.124 e. The lowest BCUT2D eigenvalue weighted by molar-refractivity contribution is 0.627. The Hall–Kier alpha value is -1.98. The molecule has 0 heterocycles. The lowest BCUT2D eigenvalue weighted by atomic mass is 10.2. The maximum absolute atomic E-state index is 12.9. The van der Waals surface area contributed by atoms with Gasteiger partial charge >= 0.3 is 0 Å². The molecule has 90 valence electrons. The van der Waals surface area contributed by atoms with Gasteiger partial charge in [0.15, 0.2) is 0 Å². The number of benzene rings is 2. The molecule has 2 aromatic carbocycles. The van der Waals surface area contributed by atoms with Crippen LogP contribution in [-0.4, -0.2) is 0 Å². The summed E-state index contributed by atoms with van der Waals surface area (Å²) in [6.07, 6.45) is 5.33. The summed E-state index contributed by atoms with van der Waals surface area (Å²) in [5, 5.41) is 3.61. The summed E-state index contributed by atoms with van der Waals surface area (Å²) in [6.45, 7) is 0.521. The van der Waals surface area contributed by atoms with Gasteiger partial charge in [0.05, 0.1) is 0 Å². The molecule has 1 N–H and O–H groups in total. The predicted molar refractivity (Wildman–Crippen MR) is 73.1 cm³/mol. The Morgan fingerprint density at radius 2 is 2.06 bits per heavy atom. The molecule has 0 amide bonds. The fourth-order valence-corrected chi connectivity index (χ4v) is 1.82. The van der Waals surface area contributed by atoms with E-state index in [4.69, 9.17) is 18.0 Å². The van der Waals surface area contributed by atoms with Crippen molar-refractivity contribution >= 4 is 17.3 Å². The lowest BCUT2D eigenvalue weighted by Gasteiger charge is -2.08. The standard InChI is InChI=1S/C15H11ClFN/c1-2-11-4-3-5-14(8-11)18-10-12-6-7-13(17)9-15(12)16/h1,3-9,18H,10H2. The van der Waals surface area contributed by atoms with Crippen LogP contribution in [0.25, 0.3) is 0 Å². The fourth-order valence-electron chi connectivity index (χ4n) is 1.58. The molecule has 0 saturated heterocycles. The molecule has 0 unspecified atom stereocenters. The van der Waals surface area contributed by atoms with E-state index in [-0.39, 0.29) is 5.82 Å². The molecule has 1 nitrogen and oxygen atoms in total. The molecule has 0 bridgehead atoms. The number of nitrogens with one attached hydrogen (secondary N) is 1. The SMILES string of the molecule is C#Cc1cccc(NCc2ccc(F)cc2Cl)c1. The second kappa shape index (κ2) is 5.57. The Morgan fingerprint density at radius 3 is 2.78 bits per heavy atom. The normalized spacial score (nSPS) is 9.83. The molecule has 0 fully saturated rings. The minimum absolute atomic E-state index is 0.335. The Morgan fingerprint density at radius 1 is 1.22 bits per heavy atom. The van der Waals surface area contributed by atoms with E-state index in [0.717, 1.165) is 16.8 Å². The molecule has 0 atom stereocenters. The number of terminal acetylenes is 1. The van der Waals surface area contributed by atoms with E-state index < -0.39 is 0 Å². The van der Waals surface area contributed by atoms with Gasteiger partial charge < -0.3 is 5.32 Å². The van der Waals surface area contributed by atoms with E-state index in [2.05, 4.69) is 11.2 Å². The van der Waals surface area contributed by atoms with Crippen molar-refractivity contribution in [1.82, 2.24) is 0 Å². The molecule has 0 aromatic heterocycles. The first-order chi connectivity index (χ1) is 8.69. The summed E-state index contributed by atoms with van der Waals surface area (Å²) in [7, 11) is 0. The van der Waals surface area contributed by atoms with Gasteiger partial charge in [0, 0.05) is 22.8 Å². The first-order valence-electron chi connectivity index (χ1n) is 5.43. The van der Waals surface area contributed by atoms with Crippen LogP contribution in [0.4, 0.5) is 10.1 Å². The number of rotatable bonds is 3. The van der Waals surface area contributed by atoms with E-state index >= 15 is 0 Å². The maximum atomic E-state index is 12.9. The zero-order chi connectivity index (χ0) is 13.0. The van der Waals surface area contributed by atoms with Crippen molar-refractivity contribution in [2.24, 2.45) is 0 Å². The number of hydrogen-bond donors (Lipinski definition) is 1. The van der Waals surface area contributed by atoms with Crippen LogP contribution in [0, 0.1) is 18.2 Å². The molecule has 0 radical (unpaired) electrons. The Bertz CT molecular complexity index is 602. The summed E-state index contributed by atoms with van der Waals surface area (Å²) in [5.41, 5.74) is 2.56. The topological polar surface area (TPSA) is 12.0 Å². The second-order valence-electron chi connectivity index (χ2n) is 3.81. The van der Waals surface area contributed by atoms with E-state index in [0.29, 0.717) is 11.6 Å². The first kappa shape index (κ1) is 12.5. The summed E-state index contributed by atoms with van der Waals surface area (Å²) in [6, 6.07) is 11.9. The third kappa shape index (κ3) is 3.03. The molecular formula is C15H11ClFN. The van der Waals surface area contributed by atoms with Gasteiger partial charge in [-0.2, -0.15) is 0 Å². The molecule has 0 aliphatic heterocycles. The van der Waals surface area contributed by atoms with Gasteiger partial charge in [-0.15, -0.1) is 6.42 Å². The first-order valence-corrected chi connectivity index (χ1v) is 5.81. The average molecular weight is 260 g/mol. The number of anilines is 1. The molecule has 0 aliphatic rings. The molecule has 3 heteroatoms. The van der Waals surface area contributed by atoms with Crippen LogP contribution >= 0.6 is 11.6 Å². The predicted octanol–water partition coefficient (Wildman–Crippen LogP) is 4.07. The molecule has 18 heavy (non-hydrogen) atoms. The van der Waals surface area contributed by atoms with Crippen LogP contribution in [0.1, 0.15) is 11.1 Å². The van der Waals surface area contributed by atoms with Gasteiger partial charge in [0.2, 0.25) is 0 Å². The summed E-state index contributed by atoms with van der Waals surface area (Å²) < 4.78 is 12.9. The van der Waals surface area contributed by atoms with Crippen molar-refractivity contribution in [1.29, 1.82) is 0 Å². The monoisotopic (exact) mass is 259 g/mol. The highest BCUT2D eigenvalue weighted by Crippen LogP contribution is 2.19. The summed E-state index contributed by atoms with van der Waals surface area (Å²) in [4.78, 5) is 0. The molecule has 0 spiro atoms. The number of halogens is 2. The van der Waals surface area contributed by atoms with Gasteiger partial charge in [0.25, 0.3) is 0 Å². The van der Waals surface area contributed by atoms with Crippen molar-refractivity contribution in [2.75, 3.05) is 5.32 Å². The van der Waals surface area contributed by atoms with Crippen LogP contribution in [0.15, 0.2) is 42.5 Å². The van der Waals surface area contributed by atoms with Gasteiger partial charge in [0.1, 0.15) is 5.82 Å². The lowest BCUT2D eigenvalue weighted by Crippen LogP contribution is -2.00. The van der Waals surface area contributed by atoms with Crippen LogP contribution in [0.5, 0.6) is 0 Å². The van der Waals surface area contributed by atoms with Crippen LogP contribution in [0.3, 0.4) is 0 Å².